The second-order valence-corrected chi connectivity index (χ2v) is 14.5. The minimum absolute atomic E-state index is 0.109. The second-order valence-electron chi connectivity index (χ2n) is 8.54. The highest BCUT2D eigenvalue weighted by Gasteiger charge is 2.16. The van der Waals surface area contributed by atoms with Crippen molar-refractivity contribution in [2.45, 2.75) is 38.7 Å². The predicted molar refractivity (Wildman–Crippen MR) is 125 cm³/mol. The van der Waals surface area contributed by atoms with Crippen LogP contribution in [0.25, 0.3) is 11.2 Å². The lowest BCUT2D eigenvalue weighted by Gasteiger charge is -2.15. The molecule has 3 aromatic heterocycles. The number of amides is 1. The summed E-state index contributed by atoms with van der Waals surface area (Å²) in [6.07, 6.45) is 3.74. The molecule has 13 heteroatoms. The van der Waals surface area contributed by atoms with Crippen molar-refractivity contribution in [3.05, 3.63) is 17.8 Å². The molecule has 1 amide bonds. The first-order chi connectivity index (χ1) is 15.2. The van der Waals surface area contributed by atoms with Gasteiger partial charge >= 0.3 is 6.09 Å². The molecule has 3 rings (SSSR count). The number of imidazole rings is 1. The van der Waals surface area contributed by atoms with Crippen molar-refractivity contribution in [2.24, 2.45) is 7.05 Å². The lowest BCUT2D eigenvalue weighted by Crippen LogP contribution is -2.29. The van der Waals surface area contributed by atoms with E-state index in [2.05, 4.69) is 50.3 Å². The molecule has 2 N–H and O–H groups in total. The third kappa shape index (κ3) is 6.33. The van der Waals surface area contributed by atoms with Crippen molar-refractivity contribution in [3.63, 3.8) is 0 Å². The van der Waals surface area contributed by atoms with Gasteiger partial charge in [-0.2, -0.15) is 9.97 Å². The number of nitrogens with one attached hydrogen (secondary N) is 2. The number of nitrogens with zero attached hydrogens (tertiary/aromatic N) is 6. The van der Waals surface area contributed by atoms with Crippen LogP contribution in [0.5, 0.6) is 5.88 Å². The van der Waals surface area contributed by atoms with Gasteiger partial charge in [-0.1, -0.05) is 19.6 Å². The van der Waals surface area contributed by atoms with E-state index in [0.29, 0.717) is 54.7 Å². The highest BCUT2D eigenvalue weighted by molar-refractivity contribution is 6.76. The van der Waals surface area contributed by atoms with Gasteiger partial charge in [0, 0.05) is 28.2 Å². The van der Waals surface area contributed by atoms with E-state index >= 15 is 0 Å². The zero-order chi connectivity index (χ0) is 23.3. The van der Waals surface area contributed by atoms with Gasteiger partial charge in [0.1, 0.15) is 5.69 Å². The van der Waals surface area contributed by atoms with Crippen molar-refractivity contribution in [2.75, 3.05) is 25.6 Å². The van der Waals surface area contributed by atoms with E-state index in [9.17, 15) is 4.79 Å². The Morgan fingerprint density at radius 2 is 2.06 bits per heavy atom. The Bertz CT molecular complexity index is 1080. The molecule has 11 nitrogen and oxygen atoms in total. The molecular formula is C19H29ClN8O3Si. The molecule has 0 aliphatic carbocycles. The van der Waals surface area contributed by atoms with E-state index < -0.39 is 8.07 Å². The van der Waals surface area contributed by atoms with Crippen LogP contribution in [0.2, 0.25) is 31.0 Å². The Morgan fingerprint density at radius 3 is 2.78 bits per heavy atom. The molecule has 0 unspecified atom stereocenters. The fourth-order valence-electron chi connectivity index (χ4n) is 2.88. The van der Waals surface area contributed by atoms with Crippen molar-refractivity contribution < 1.29 is 14.3 Å². The molecule has 0 bridgehead atoms. The number of alkyl carbamates (subject to hydrolysis) is 1. The van der Waals surface area contributed by atoms with Crippen LogP contribution in [-0.4, -0.2) is 63.7 Å². The van der Waals surface area contributed by atoms with Crippen molar-refractivity contribution in [1.82, 2.24) is 34.6 Å². The Hall–Kier alpha value is -2.86. The fraction of sp³-hybridized carbons (Fsp3) is 0.526. The third-order valence-corrected chi connectivity index (χ3v) is 6.50. The standard InChI is InChI=1S/C19H29ClN8O3Si/c1-27-12-22-14-15(24-18(20)25-16(14)27)23-13-11-28(26-17(13)30-2)8-6-7-21-19(29)31-9-10-32(3,4)5/h11-12H,6-10H2,1-5H3,(H,21,29)(H,23,24,25). The molecule has 174 valence electrons. The first-order valence-corrected chi connectivity index (χ1v) is 14.4. The molecule has 0 fully saturated rings. The number of carbonyl (C=O) groups excluding carboxylic acids is 1. The normalized spacial score (nSPS) is 11.6. The Kier molecular flexibility index (Phi) is 7.56. The lowest BCUT2D eigenvalue weighted by atomic mass is 10.4. The monoisotopic (exact) mass is 480 g/mol. The third-order valence-electron chi connectivity index (χ3n) is 4.63. The smallest absolute Gasteiger partial charge is 0.407 e. The van der Waals surface area contributed by atoms with Crippen molar-refractivity contribution in [1.29, 1.82) is 0 Å². The summed E-state index contributed by atoms with van der Waals surface area (Å²) in [5, 5.41) is 10.5. The van der Waals surface area contributed by atoms with Crippen LogP contribution in [-0.2, 0) is 18.3 Å². The Labute approximate surface area is 192 Å². The van der Waals surface area contributed by atoms with E-state index in [1.165, 1.54) is 0 Å². The molecule has 0 spiro atoms. The molecule has 0 saturated heterocycles. The summed E-state index contributed by atoms with van der Waals surface area (Å²) in [5.41, 5.74) is 1.82. The summed E-state index contributed by atoms with van der Waals surface area (Å²) in [5.74, 6) is 0.865. The highest BCUT2D eigenvalue weighted by atomic mass is 35.5. The number of halogens is 1. The van der Waals surface area contributed by atoms with Crippen LogP contribution < -0.4 is 15.4 Å². The largest absolute Gasteiger partial charge is 0.478 e. The topological polar surface area (TPSA) is 121 Å². The van der Waals surface area contributed by atoms with Gasteiger partial charge in [-0.25, -0.2) is 9.78 Å². The molecule has 0 aromatic carbocycles. The minimum atomic E-state index is -1.21. The molecular weight excluding hydrogens is 452 g/mol. The number of hydrogen-bond donors (Lipinski definition) is 2. The van der Waals surface area contributed by atoms with E-state index in [0.717, 1.165) is 6.04 Å². The van der Waals surface area contributed by atoms with Crippen LogP contribution in [0, 0.1) is 0 Å². The van der Waals surface area contributed by atoms with Crippen molar-refractivity contribution in [3.8, 4) is 5.88 Å². The number of methoxy groups -OCH3 is 1. The number of rotatable bonds is 10. The van der Waals surface area contributed by atoms with Crippen LogP contribution in [0.4, 0.5) is 16.3 Å². The van der Waals surface area contributed by atoms with Gasteiger partial charge < -0.3 is 24.7 Å². The van der Waals surface area contributed by atoms with Crippen LogP contribution in [0.1, 0.15) is 6.42 Å². The number of fused-ring (bicyclic) bond motifs is 1. The number of anilines is 2. The molecule has 0 aliphatic rings. The maximum Gasteiger partial charge on any atom is 0.407 e. The van der Waals surface area contributed by atoms with Gasteiger partial charge in [-0.15, -0.1) is 5.10 Å². The maximum atomic E-state index is 11.8. The van der Waals surface area contributed by atoms with Crippen LogP contribution >= 0.6 is 11.6 Å². The van der Waals surface area contributed by atoms with Crippen molar-refractivity contribution >= 4 is 48.4 Å². The quantitative estimate of drug-likeness (QED) is 0.257. The first-order valence-electron chi connectivity index (χ1n) is 10.3. The maximum absolute atomic E-state index is 11.8. The Balaban J connectivity index is 1.55. The predicted octanol–water partition coefficient (Wildman–Crippen LogP) is 3.42. The number of carbonyl (C=O) groups is 1. The van der Waals surface area contributed by atoms with Crippen LogP contribution in [0.3, 0.4) is 0 Å². The number of hydrogen-bond acceptors (Lipinski definition) is 8. The molecule has 0 radical (unpaired) electrons. The van der Waals surface area contributed by atoms with E-state index in [1.54, 1.807) is 28.9 Å². The fourth-order valence-corrected chi connectivity index (χ4v) is 3.76. The summed E-state index contributed by atoms with van der Waals surface area (Å²) in [7, 11) is 2.16. The average Bonchev–Trinajstić information content (AvgIpc) is 3.27. The molecule has 0 aliphatic heterocycles. The lowest BCUT2D eigenvalue weighted by molar-refractivity contribution is 0.151. The summed E-state index contributed by atoms with van der Waals surface area (Å²) in [6, 6.07) is 0.950. The van der Waals surface area contributed by atoms with Gasteiger partial charge in [0.25, 0.3) is 5.88 Å². The van der Waals surface area contributed by atoms with E-state index in [4.69, 9.17) is 21.1 Å². The number of aromatic nitrogens is 6. The zero-order valence-electron chi connectivity index (χ0n) is 19.0. The molecule has 3 heterocycles. The minimum Gasteiger partial charge on any atom is -0.478 e. The Morgan fingerprint density at radius 1 is 1.28 bits per heavy atom. The van der Waals surface area contributed by atoms with E-state index in [-0.39, 0.29) is 11.4 Å². The molecule has 0 saturated carbocycles. The molecule has 0 atom stereocenters. The summed E-state index contributed by atoms with van der Waals surface area (Å²) in [6.45, 7) is 8.25. The summed E-state index contributed by atoms with van der Waals surface area (Å²) in [4.78, 5) is 24.6. The average molecular weight is 481 g/mol. The highest BCUT2D eigenvalue weighted by Crippen LogP contribution is 2.29. The van der Waals surface area contributed by atoms with Gasteiger partial charge in [-0.05, 0) is 24.1 Å². The second kappa shape index (κ2) is 10.2. The van der Waals surface area contributed by atoms with Gasteiger partial charge in [0.15, 0.2) is 17.0 Å². The summed E-state index contributed by atoms with van der Waals surface area (Å²) >= 11 is 6.06. The van der Waals surface area contributed by atoms with E-state index in [1.807, 2.05) is 7.05 Å². The SMILES string of the molecule is COc1nn(CCCNC(=O)OCC[Si](C)(C)C)cc1Nc1nc(Cl)nc2c1ncn2C. The summed E-state index contributed by atoms with van der Waals surface area (Å²) < 4.78 is 14.1. The number of aryl methyl sites for hydroxylation is 2. The van der Waals surface area contributed by atoms with Gasteiger partial charge in [0.05, 0.1) is 26.2 Å². The van der Waals surface area contributed by atoms with Crippen LogP contribution in [0.15, 0.2) is 12.5 Å². The zero-order valence-corrected chi connectivity index (χ0v) is 20.7. The van der Waals surface area contributed by atoms with Gasteiger partial charge in [0.2, 0.25) is 5.28 Å². The molecule has 3 aromatic rings. The first kappa shape index (κ1) is 23.8. The number of ether oxygens (including phenoxy) is 2. The molecule has 32 heavy (non-hydrogen) atoms. The van der Waals surface area contributed by atoms with Gasteiger partial charge in [-0.3, -0.25) is 4.68 Å².